The number of likely N-dealkylation sites (N-methyl/N-ethyl adjacent to an activating group) is 1. The van der Waals surface area contributed by atoms with Crippen LogP contribution in [0.4, 0.5) is 0 Å². The molecule has 0 rings (SSSR count). The zero-order chi connectivity index (χ0) is 8.85. The molecule has 0 aliphatic rings. The number of rotatable bonds is 5. The lowest BCUT2D eigenvalue weighted by molar-refractivity contribution is -0.140. The summed E-state index contributed by atoms with van der Waals surface area (Å²) in [5, 5.41) is 11.5. The predicted molar refractivity (Wildman–Crippen MR) is 44.6 cm³/mol. The molecule has 0 heterocycles. The van der Waals surface area contributed by atoms with Crippen LogP contribution < -0.4 is 5.32 Å². The molecule has 2 N–H and O–H groups in total. The van der Waals surface area contributed by atoms with Crippen LogP contribution in [0, 0.1) is 5.92 Å². The number of carbonyl (C=O) groups is 1. The Morgan fingerprint density at radius 3 is 2.00 bits per heavy atom. The maximum Gasteiger partial charge on any atom is 0.320 e. The van der Waals surface area contributed by atoms with Crippen LogP contribution in [0.25, 0.3) is 0 Å². The molecule has 0 aromatic carbocycles. The number of carboxylic acid groups (broad SMARTS) is 1. The van der Waals surface area contributed by atoms with Crippen LogP contribution >= 0.6 is 0 Å². The minimum atomic E-state index is -0.749. The molecule has 11 heavy (non-hydrogen) atoms. The molecule has 0 spiro atoms. The summed E-state index contributed by atoms with van der Waals surface area (Å²) in [6.45, 7) is 4.03. The van der Waals surface area contributed by atoms with E-state index < -0.39 is 5.97 Å². The molecule has 0 amide bonds. The zero-order valence-corrected chi connectivity index (χ0v) is 7.42. The van der Waals surface area contributed by atoms with E-state index in [9.17, 15) is 4.79 Å². The molecule has 3 nitrogen and oxygen atoms in total. The van der Waals surface area contributed by atoms with Crippen molar-refractivity contribution in [2.45, 2.75) is 32.7 Å². The molecule has 66 valence electrons. The Labute approximate surface area is 67.8 Å². The van der Waals surface area contributed by atoms with Crippen LogP contribution in [0.2, 0.25) is 0 Å². The molecule has 0 radical (unpaired) electrons. The van der Waals surface area contributed by atoms with Gasteiger partial charge in [-0.25, -0.2) is 0 Å². The molecule has 0 bridgehead atoms. The first-order chi connectivity index (χ1) is 5.17. The second-order valence-corrected chi connectivity index (χ2v) is 2.68. The molecule has 0 aromatic rings. The lowest BCUT2D eigenvalue weighted by Gasteiger charge is -2.20. The minimum Gasteiger partial charge on any atom is -0.480 e. The van der Waals surface area contributed by atoms with E-state index in [1.165, 1.54) is 0 Å². The molecular weight excluding hydrogens is 142 g/mol. The largest absolute Gasteiger partial charge is 0.480 e. The minimum absolute atomic E-state index is 0.248. The van der Waals surface area contributed by atoms with Gasteiger partial charge in [0.05, 0.1) is 0 Å². The number of aliphatic carboxylic acids is 1. The highest BCUT2D eigenvalue weighted by Crippen LogP contribution is 2.12. The van der Waals surface area contributed by atoms with Gasteiger partial charge in [-0.05, 0) is 13.0 Å². The van der Waals surface area contributed by atoms with Gasteiger partial charge in [0, 0.05) is 0 Å². The van der Waals surface area contributed by atoms with E-state index >= 15 is 0 Å². The first kappa shape index (κ1) is 10.4. The summed E-state index contributed by atoms with van der Waals surface area (Å²) in [6, 6.07) is -0.384. The average molecular weight is 159 g/mol. The summed E-state index contributed by atoms with van der Waals surface area (Å²) >= 11 is 0. The fraction of sp³-hybridized carbons (Fsp3) is 0.875. The molecule has 0 aliphatic heterocycles. The second kappa shape index (κ2) is 5.13. The molecule has 0 saturated carbocycles. The van der Waals surface area contributed by atoms with Crippen molar-refractivity contribution in [2.75, 3.05) is 7.05 Å². The van der Waals surface area contributed by atoms with E-state index in [0.29, 0.717) is 0 Å². The van der Waals surface area contributed by atoms with Crippen molar-refractivity contribution in [3.8, 4) is 0 Å². The van der Waals surface area contributed by atoms with Gasteiger partial charge in [0.15, 0.2) is 0 Å². The van der Waals surface area contributed by atoms with E-state index in [-0.39, 0.29) is 12.0 Å². The molecular formula is C8H17NO2. The molecule has 0 aromatic heterocycles. The Morgan fingerprint density at radius 2 is 1.91 bits per heavy atom. The third-order valence-corrected chi connectivity index (χ3v) is 2.10. The fourth-order valence-corrected chi connectivity index (χ4v) is 1.32. The van der Waals surface area contributed by atoms with Crippen molar-refractivity contribution in [1.29, 1.82) is 0 Å². The van der Waals surface area contributed by atoms with Crippen LogP contribution in [-0.4, -0.2) is 24.2 Å². The van der Waals surface area contributed by atoms with E-state index in [4.69, 9.17) is 5.11 Å². The highest BCUT2D eigenvalue weighted by molar-refractivity contribution is 5.73. The maximum absolute atomic E-state index is 10.6. The van der Waals surface area contributed by atoms with E-state index in [2.05, 4.69) is 5.32 Å². The Morgan fingerprint density at radius 1 is 1.45 bits per heavy atom. The number of carboxylic acids is 1. The molecule has 0 saturated heterocycles. The third kappa shape index (κ3) is 2.89. The van der Waals surface area contributed by atoms with Crippen molar-refractivity contribution in [3.05, 3.63) is 0 Å². The fourth-order valence-electron chi connectivity index (χ4n) is 1.32. The summed E-state index contributed by atoms with van der Waals surface area (Å²) in [5.41, 5.74) is 0. The normalized spacial score (nSPS) is 13.5. The Balaban J connectivity index is 4.09. The first-order valence-electron chi connectivity index (χ1n) is 4.07. The summed E-state index contributed by atoms with van der Waals surface area (Å²) in [6.07, 6.45) is 1.82. The molecule has 0 aliphatic carbocycles. The van der Waals surface area contributed by atoms with Crippen LogP contribution in [0.15, 0.2) is 0 Å². The van der Waals surface area contributed by atoms with Crippen LogP contribution in [-0.2, 0) is 4.79 Å². The highest BCUT2D eigenvalue weighted by Gasteiger charge is 2.22. The van der Waals surface area contributed by atoms with Gasteiger partial charge in [0.25, 0.3) is 0 Å². The summed E-state index contributed by atoms with van der Waals surface area (Å²) in [5.74, 6) is -0.501. The smallest absolute Gasteiger partial charge is 0.320 e. The van der Waals surface area contributed by atoms with Crippen LogP contribution in [0.5, 0.6) is 0 Å². The summed E-state index contributed by atoms with van der Waals surface area (Å²) < 4.78 is 0. The van der Waals surface area contributed by atoms with Gasteiger partial charge in [0.2, 0.25) is 0 Å². The Kier molecular flexibility index (Phi) is 4.86. The summed E-state index contributed by atoms with van der Waals surface area (Å²) in [7, 11) is 1.69. The third-order valence-electron chi connectivity index (χ3n) is 2.10. The van der Waals surface area contributed by atoms with Gasteiger partial charge in [-0.2, -0.15) is 0 Å². The summed E-state index contributed by atoms with van der Waals surface area (Å²) in [4.78, 5) is 10.6. The Hall–Kier alpha value is -0.570. The monoisotopic (exact) mass is 159 g/mol. The predicted octanol–water partition coefficient (Wildman–Crippen LogP) is 1.10. The van der Waals surface area contributed by atoms with Gasteiger partial charge < -0.3 is 10.4 Å². The molecule has 3 heteroatoms. The van der Waals surface area contributed by atoms with Crippen molar-refractivity contribution in [1.82, 2.24) is 5.32 Å². The number of nitrogens with one attached hydrogen (secondary N) is 1. The Bertz CT molecular complexity index is 121. The van der Waals surface area contributed by atoms with Crippen molar-refractivity contribution in [2.24, 2.45) is 5.92 Å². The SMILES string of the molecule is CCC(CC)[C@@H](NC)C(=O)O. The zero-order valence-electron chi connectivity index (χ0n) is 7.42. The molecule has 0 fully saturated rings. The average Bonchev–Trinajstić information content (AvgIpc) is 1.99. The van der Waals surface area contributed by atoms with Gasteiger partial charge in [-0.3, -0.25) is 4.79 Å². The van der Waals surface area contributed by atoms with Gasteiger partial charge in [-0.15, -0.1) is 0 Å². The molecule has 0 unspecified atom stereocenters. The molecule has 1 atom stereocenters. The van der Waals surface area contributed by atoms with Crippen molar-refractivity contribution < 1.29 is 9.90 Å². The topological polar surface area (TPSA) is 49.3 Å². The van der Waals surface area contributed by atoms with Crippen molar-refractivity contribution in [3.63, 3.8) is 0 Å². The lowest BCUT2D eigenvalue weighted by atomic mass is 9.94. The van der Waals surface area contributed by atoms with Crippen LogP contribution in [0.1, 0.15) is 26.7 Å². The maximum atomic E-state index is 10.6. The van der Waals surface area contributed by atoms with E-state index in [1.807, 2.05) is 13.8 Å². The quantitative estimate of drug-likeness (QED) is 0.631. The van der Waals surface area contributed by atoms with Crippen LogP contribution in [0.3, 0.4) is 0 Å². The highest BCUT2D eigenvalue weighted by atomic mass is 16.4. The first-order valence-corrected chi connectivity index (χ1v) is 4.07. The van der Waals surface area contributed by atoms with Gasteiger partial charge in [-0.1, -0.05) is 26.7 Å². The standard InChI is InChI=1S/C8H17NO2/c1-4-6(5-2)7(9-3)8(10)11/h6-7,9H,4-5H2,1-3H3,(H,10,11)/t7-/m1/s1. The van der Waals surface area contributed by atoms with Gasteiger partial charge in [0.1, 0.15) is 6.04 Å². The number of hydrogen-bond donors (Lipinski definition) is 2. The van der Waals surface area contributed by atoms with Gasteiger partial charge >= 0.3 is 5.97 Å². The second-order valence-electron chi connectivity index (χ2n) is 2.68. The number of hydrogen-bond acceptors (Lipinski definition) is 2. The van der Waals surface area contributed by atoms with E-state index in [0.717, 1.165) is 12.8 Å². The lowest BCUT2D eigenvalue weighted by Crippen LogP contribution is -2.40. The van der Waals surface area contributed by atoms with Crippen molar-refractivity contribution >= 4 is 5.97 Å². The van der Waals surface area contributed by atoms with E-state index in [1.54, 1.807) is 7.05 Å².